The molecule has 69 heavy (non-hydrogen) atoms. The van der Waals surface area contributed by atoms with E-state index in [4.69, 9.17) is 14.2 Å². The second-order valence-corrected chi connectivity index (χ2v) is 17.7. The van der Waals surface area contributed by atoms with E-state index in [1.807, 2.05) is 0 Å². The zero-order valence-corrected chi connectivity index (χ0v) is 44.3. The average molecular weight is 953 g/mol. The van der Waals surface area contributed by atoms with E-state index in [9.17, 15) is 14.4 Å². The van der Waals surface area contributed by atoms with Gasteiger partial charge in [-0.1, -0.05) is 206 Å². The van der Waals surface area contributed by atoms with Crippen molar-refractivity contribution in [2.24, 2.45) is 0 Å². The topological polar surface area (TPSA) is 78.9 Å². The summed E-state index contributed by atoms with van der Waals surface area (Å²) in [4.78, 5) is 38.1. The summed E-state index contributed by atoms with van der Waals surface area (Å²) in [7, 11) is 0. The standard InChI is InChI=1S/C63H100O6/c1-4-7-10-13-16-19-22-25-28-29-30-31-32-33-36-38-41-44-47-50-53-56-62(65)68-59-60(69-63(66)57-54-51-48-45-42-39-35-27-24-21-18-15-12-9-6-3)58-67-61(64)55-52-49-46-43-40-37-34-26-23-20-17-14-11-8-5-2/h7,9-10,12,16-21,25-28,30-31,33-36,42,45,60H,4-6,8,11,13-15,22-24,29,32,37-41,43-44,46-59H2,1-3H3/b10-7-,12-9-,19-16-,20-17-,21-18-,28-25-,31-30-,34-26-,35-27-,36-33-,45-42-. The fraction of sp³-hybridized carbons (Fsp3) is 0.603. The molecule has 0 aliphatic rings. The van der Waals surface area contributed by atoms with Gasteiger partial charge in [-0.05, 0) is 135 Å². The molecule has 1 atom stereocenters. The van der Waals surface area contributed by atoms with Crippen molar-refractivity contribution < 1.29 is 28.6 Å². The molecule has 0 N–H and O–H groups in total. The van der Waals surface area contributed by atoms with E-state index in [2.05, 4.69) is 154 Å². The molecule has 0 aliphatic carbocycles. The first-order valence-corrected chi connectivity index (χ1v) is 27.7. The van der Waals surface area contributed by atoms with Crippen molar-refractivity contribution in [3.05, 3.63) is 134 Å². The smallest absolute Gasteiger partial charge is 0.306 e. The lowest BCUT2D eigenvalue weighted by Crippen LogP contribution is -2.30. The Morgan fingerprint density at radius 1 is 0.304 bits per heavy atom. The van der Waals surface area contributed by atoms with E-state index < -0.39 is 6.10 Å². The molecule has 0 spiro atoms. The van der Waals surface area contributed by atoms with Gasteiger partial charge in [0.05, 0.1) is 0 Å². The minimum absolute atomic E-state index is 0.113. The van der Waals surface area contributed by atoms with Crippen LogP contribution in [0.25, 0.3) is 0 Å². The molecule has 0 rings (SSSR count). The first-order chi connectivity index (χ1) is 34.0. The summed E-state index contributed by atoms with van der Waals surface area (Å²) >= 11 is 0. The van der Waals surface area contributed by atoms with Crippen LogP contribution in [0.4, 0.5) is 0 Å². The molecule has 0 radical (unpaired) electrons. The number of ether oxygens (including phenoxy) is 3. The van der Waals surface area contributed by atoms with E-state index in [1.54, 1.807) is 0 Å². The van der Waals surface area contributed by atoms with Crippen LogP contribution < -0.4 is 0 Å². The molecule has 1 unspecified atom stereocenters. The van der Waals surface area contributed by atoms with Gasteiger partial charge in [0.15, 0.2) is 6.10 Å². The monoisotopic (exact) mass is 953 g/mol. The molecule has 6 heteroatoms. The van der Waals surface area contributed by atoms with Gasteiger partial charge in [-0.2, -0.15) is 0 Å². The number of rotatable bonds is 48. The van der Waals surface area contributed by atoms with Gasteiger partial charge in [0, 0.05) is 19.3 Å². The maximum Gasteiger partial charge on any atom is 0.306 e. The Morgan fingerprint density at radius 3 is 0.913 bits per heavy atom. The zero-order valence-electron chi connectivity index (χ0n) is 44.3. The number of hydrogen-bond acceptors (Lipinski definition) is 6. The van der Waals surface area contributed by atoms with Crippen molar-refractivity contribution in [1.82, 2.24) is 0 Å². The third-order valence-electron chi connectivity index (χ3n) is 11.1. The summed E-state index contributed by atoms with van der Waals surface area (Å²) in [6.45, 7) is 6.31. The summed E-state index contributed by atoms with van der Waals surface area (Å²) in [5.74, 6) is -0.993. The molecule has 0 saturated heterocycles. The van der Waals surface area contributed by atoms with Gasteiger partial charge in [-0.15, -0.1) is 0 Å². The van der Waals surface area contributed by atoms with Gasteiger partial charge in [-0.25, -0.2) is 0 Å². The van der Waals surface area contributed by atoms with Gasteiger partial charge >= 0.3 is 17.9 Å². The van der Waals surface area contributed by atoms with Crippen LogP contribution in [0.5, 0.6) is 0 Å². The van der Waals surface area contributed by atoms with E-state index in [0.29, 0.717) is 19.3 Å². The summed E-state index contributed by atoms with van der Waals surface area (Å²) in [6, 6.07) is 0. The number of esters is 3. The molecule has 0 aliphatic heterocycles. The average Bonchev–Trinajstić information content (AvgIpc) is 3.35. The predicted octanol–water partition coefficient (Wildman–Crippen LogP) is 18.6. The Morgan fingerprint density at radius 2 is 0.565 bits per heavy atom. The van der Waals surface area contributed by atoms with Gasteiger partial charge in [-0.3, -0.25) is 14.4 Å². The number of unbranched alkanes of at least 4 members (excludes halogenated alkanes) is 15. The van der Waals surface area contributed by atoms with Crippen LogP contribution in [0.2, 0.25) is 0 Å². The Labute approximate surface area is 424 Å². The molecular formula is C63H100O6. The van der Waals surface area contributed by atoms with Crippen molar-refractivity contribution in [2.45, 2.75) is 232 Å². The quantitative estimate of drug-likeness (QED) is 0.0262. The van der Waals surface area contributed by atoms with Crippen molar-refractivity contribution in [3.63, 3.8) is 0 Å². The molecule has 0 bridgehead atoms. The molecule has 0 aromatic rings. The maximum absolute atomic E-state index is 12.8. The highest BCUT2D eigenvalue weighted by atomic mass is 16.6. The summed E-state index contributed by atoms with van der Waals surface area (Å²) < 4.78 is 16.8. The second kappa shape index (κ2) is 56.1. The molecule has 0 aromatic carbocycles. The van der Waals surface area contributed by atoms with Crippen LogP contribution in [0.1, 0.15) is 226 Å². The summed E-state index contributed by atoms with van der Waals surface area (Å²) in [6.07, 6.45) is 78.6. The third kappa shape index (κ3) is 54.4. The van der Waals surface area contributed by atoms with Crippen LogP contribution in [0.15, 0.2) is 134 Å². The molecule has 0 aromatic heterocycles. The van der Waals surface area contributed by atoms with Gasteiger partial charge in [0.25, 0.3) is 0 Å². The van der Waals surface area contributed by atoms with Crippen LogP contribution in [0, 0.1) is 0 Å². The Hall–Kier alpha value is -4.45. The largest absolute Gasteiger partial charge is 0.462 e. The highest BCUT2D eigenvalue weighted by Gasteiger charge is 2.19. The van der Waals surface area contributed by atoms with Gasteiger partial charge in [0.1, 0.15) is 13.2 Å². The molecule has 0 saturated carbocycles. The Bertz CT molecular complexity index is 1510. The summed E-state index contributed by atoms with van der Waals surface area (Å²) in [5.41, 5.74) is 0. The highest BCUT2D eigenvalue weighted by Crippen LogP contribution is 2.12. The van der Waals surface area contributed by atoms with E-state index >= 15 is 0 Å². The minimum Gasteiger partial charge on any atom is -0.462 e. The van der Waals surface area contributed by atoms with Crippen molar-refractivity contribution in [1.29, 1.82) is 0 Å². The lowest BCUT2D eigenvalue weighted by Gasteiger charge is -2.18. The highest BCUT2D eigenvalue weighted by molar-refractivity contribution is 5.71. The van der Waals surface area contributed by atoms with E-state index in [-0.39, 0.29) is 37.5 Å². The molecule has 0 heterocycles. The Kier molecular flexibility index (Phi) is 52.5. The fourth-order valence-corrected chi connectivity index (χ4v) is 7.02. The van der Waals surface area contributed by atoms with Crippen LogP contribution in [-0.4, -0.2) is 37.2 Å². The number of carbonyl (C=O) groups is 3. The Balaban J connectivity index is 4.51. The first-order valence-electron chi connectivity index (χ1n) is 27.7. The predicted molar refractivity (Wildman–Crippen MR) is 297 cm³/mol. The molecular weight excluding hydrogens is 853 g/mol. The van der Waals surface area contributed by atoms with E-state index in [0.717, 1.165) is 154 Å². The van der Waals surface area contributed by atoms with Crippen molar-refractivity contribution in [2.75, 3.05) is 13.2 Å². The fourth-order valence-electron chi connectivity index (χ4n) is 7.02. The first kappa shape index (κ1) is 64.5. The van der Waals surface area contributed by atoms with Gasteiger partial charge in [0.2, 0.25) is 0 Å². The minimum atomic E-state index is -0.819. The van der Waals surface area contributed by atoms with Crippen LogP contribution in [0.3, 0.4) is 0 Å². The second-order valence-electron chi connectivity index (χ2n) is 17.7. The van der Waals surface area contributed by atoms with Crippen LogP contribution in [-0.2, 0) is 28.6 Å². The molecule has 388 valence electrons. The maximum atomic E-state index is 12.8. The zero-order chi connectivity index (χ0) is 50.0. The number of carbonyl (C=O) groups excluding carboxylic acids is 3. The lowest BCUT2D eigenvalue weighted by molar-refractivity contribution is -0.167. The summed E-state index contributed by atoms with van der Waals surface area (Å²) in [5, 5.41) is 0. The molecule has 0 amide bonds. The molecule has 0 fully saturated rings. The number of allylic oxidation sites excluding steroid dienone is 22. The van der Waals surface area contributed by atoms with Crippen LogP contribution >= 0.6 is 0 Å². The number of hydrogen-bond donors (Lipinski definition) is 0. The van der Waals surface area contributed by atoms with Crippen molar-refractivity contribution >= 4 is 17.9 Å². The lowest BCUT2D eigenvalue weighted by atomic mass is 10.1. The SMILES string of the molecule is CC/C=C\C/C=C\C/C=C\C/C=C\C/C=C\CCCCCCCC(=O)OCC(COC(=O)CCCCCCC/C=C\C/C=C\CCCCC)OC(=O)CCCC/C=C\C/C=C\C/C=C\C/C=C\CC. The van der Waals surface area contributed by atoms with E-state index in [1.165, 1.54) is 25.7 Å². The normalized spacial score (nSPS) is 13.1. The van der Waals surface area contributed by atoms with Crippen molar-refractivity contribution in [3.8, 4) is 0 Å². The third-order valence-corrected chi connectivity index (χ3v) is 11.1. The molecule has 6 nitrogen and oxygen atoms in total. The van der Waals surface area contributed by atoms with Gasteiger partial charge < -0.3 is 14.2 Å².